The molecule has 23 heavy (non-hydrogen) atoms. The maximum Gasteiger partial charge on any atom is 0.311 e. The minimum atomic E-state index is -0.811. The van der Waals surface area contributed by atoms with E-state index < -0.39 is 11.9 Å². The van der Waals surface area contributed by atoms with Crippen LogP contribution in [0.4, 0.5) is 0 Å². The van der Waals surface area contributed by atoms with Gasteiger partial charge in [-0.05, 0) is 16.7 Å². The summed E-state index contributed by atoms with van der Waals surface area (Å²) in [5, 5.41) is 9.92. The number of rotatable bonds is 5. The van der Waals surface area contributed by atoms with E-state index in [2.05, 4.69) is 0 Å². The summed E-state index contributed by atoms with van der Waals surface area (Å²) < 4.78 is 0. The van der Waals surface area contributed by atoms with Crippen molar-refractivity contribution in [1.29, 1.82) is 0 Å². The average Bonchev–Trinajstić information content (AvgIpc) is 2.61. The minimum Gasteiger partial charge on any atom is -0.481 e. The normalized spacial score (nSPS) is 12.0. The molecule has 3 rings (SSSR count). The highest BCUT2D eigenvalue weighted by Gasteiger charge is 2.32. The Labute approximate surface area is 136 Å². The van der Waals surface area contributed by atoms with Crippen molar-refractivity contribution in [1.82, 2.24) is 0 Å². The van der Waals surface area contributed by atoms with Crippen LogP contribution in [0.2, 0.25) is 0 Å². The molecule has 0 aliphatic heterocycles. The Bertz CT molecular complexity index is 712. The van der Waals surface area contributed by atoms with Crippen LogP contribution in [0.15, 0.2) is 91.0 Å². The van der Waals surface area contributed by atoms with Gasteiger partial charge in [0.1, 0.15) is 0 Å². The van der Waals surface area contributed by atoms with Gasteiger partial charge in [-0.15, -0.1) is 0 Å². The van der Waals surface area contributed by atoms with Crippen LogP contribution >= 0.6 is 0 Å². The van der Waals surface area contributed by atoms with E-state index in [4.69, 9.17) is 0 Å². The monoisotopic (exact) mass is 302 g/mol. The maximum atomic E-state index is 12.1. The summed E-state index contributed by atoms with van der Waals surface area (Å²) in [6.07, 6.45) is 0. The van der Waals surface area contributed by atoms with E-state index in [1.807, 2.05) is 91.0 Å². The molecule has 0 aliphatic carbocycles. The summed E-state index contributed by atoms with van der Waals surface area (Å²) in [4.78, 5) is 12.1. The van der Waals surface area contributed by atoms with E-state index in [0.717, 1.165) is 16.7 Å². The molecule has 0 unspecified atom stereocenters. The van der Waals surface area contributed by atoms with Crippen LogP contribution in [0.1, 0.15) is 28.5 Å². The molecule has 0 saturated carbocycles. The van der Waals surface area contributed by atoms with Crippen molar-refractivity contribution in [3.8, 4) is 0 Å². The average molecular weight is 302 g/mol. The first-order chi connectivity index (χ1) is 11.3. The van der Waals surface area contributed by atoms with E-state index in [-0.39, 0.29) is 5.92 Å². The van der Waals surface area contributed by atoms with Crippen molar-refractivity contribution in [2.45, 2.75) is 11.8 Å². The van der Waals surface area contributed by atoms with Crippen LogP contribution in [-0.4, -0.2) is 11.1 Å². The van der Waals surface area contributed by atoms with Gasteiger partial charge in [0, 0.05) is 5.92 Å². The summed E-state index contributed by atoms with van der Waals surface area (Å²) in [6.45, 7) is 0. The van der Waals surface area contributed by atoms with Gasteiger partial charge in [0.25, 0.3) is 0 Å². The Kier molecular flexibility index (Phi) is 4.53. The topological polar surface area (TPSA) is 37.3 Å². The van der Waals surface area contributed by atoms with Gasteiger partial charge >= 0.3 is 5.97 Å². The number of benzene rings is 3. The van der Waals surface area contributed by atoms with E-state index >= 15 is 0 Å². The van der Waals surface area contributed by atoms with Gasteiger partial charge in [-0.25, -0.2) is 0 Å². The molecule has 0 amide bonds. The Morgan fingerprint density at radius 3 is 1.30 bits per heavy atom. The Balaban J connectivity index is 2.15. The summed E-state index contributed by atoms with van der Waals surface area (Å²) in [5.41, 5.74) is 2.84. The largest absolute Gasteiger partial charge is 0.481 e. The first kappa shape index (κ1) is 15.0. The van der Waals surface area contributed by atoms with Gasteiger partial charge in [-0.2, -0.15) is 0 Å². The molecule has 0 saturated heterocycles. The van der Waals surface area contributed by atoms with Gasteiger partial charge in [0.05, 0.1) is 5.92 Å². The molecule has 0 fully saturated rings. The summed E-state index contributed by atoms with van der Waals surface area (Å²) in [6, 6.07) is 29.1. The fourth-order valence-corrected chi connectivity index (χ4v) is 3.04. The minimum absolute atomic E-state index is 0.225. The molecule has 0 spiro atoms. The zero-order valence-electron chi connectivity index (χ0n) is 12.7. The molecule has 2 heteroatoms. The van der Waals surface area contributed by atoms with E-state index in [1.165, 1.54) is 0 Å². The van der Waals surface area contributed by atoms with Crippen LogP contribution in [0.3, 0.4) is 0 Å². The fraction of sp³-hybridized carbons (Fsp3) is 0.0952. The summed E-state index contributed by atoms with van der Waals surface area (Å²) >= 11 is 0. The second-order valence-corrected chi connectivity index (χ2v) is 5.53. The molecule has 0 bridgehead atoms. The van der Waals surface area contributed by atoms with Crippen molar-refractivity contribution in [3.05, 3.63) is 108 Å². The second-order valence-electron chi connectivity index (χ2n) is 5.53. The Hall–Kier alpha value is -2.87. The number of carboxylic acid groups (broad SMARTS) is 1. The highest BCUT2D eigenvalue weighted by molar-refractivity contribution is 5.78. The van der Waals surface area contributed by atoms with Gasteiger partial charge < -0.3 is 5.11 Å². The van der Waals surface area contributed by atoms with Crippen molar-refractivity contribution in [3.63, 3.8) is 0 Å². The summed E-state index contributed by atoms with van der Waals surface area (Å²) in [5.74, 6) is -1.66. The number of carbonyl (C=O) groups is 1. The number of hydrogen-bond donors (Lipinski definition) is 1. The SMILES string of the molecule is O=C(O)[C@@H](c1ccccc1)C(c1ccccc1)c1ccccc1. The third-order valence-corrected chi connectivity index (χ3v) is 4.08. The quantitative estimate of drug-likeness (QED) is 0.742. The van der Waals surface area contributed by atoms with Gasteiger partial charge in [-0.1, -0.05) is 91.0 Å². The molecule has 0 radical (unpaired) electrons. The third-order valence-electron chi connectivity index (χ3n) is 4.08. The fourth-order valence-electron chi connectivity index (χ4n) is 3.04. The lowest BCUT2D eigenvalue weighted by atomic mass is 9.77. The highest BCUT2D eigenvalue weighted by Crippen LogP contribution is 2.38. The highest BCUT2D eigenvalue weighted by atomic mass is 16.4. The van der Waals surface area contributed by atoms with Gasteiger partial charge in [0.2, 0.25) is 0 Å². The standard InChI is InChI=1S/C21H18O2/c22-21(23)20(18-14-8-3-9-15-18)19(16-10-4-1-5-11-16)17-12-6-2-7-13-17/h1-15,19-20H,(H,22,23)/t20-/m0/s1. The van der Waals surface area contributed by atoms with Gasteiger partial charge in [0.15, 0.2) is 0 Å². The molecule has 0 aromatic heterocycles. The van der Waals surface area contributed by atoms with E-state index in [1.54, 1.807) is 0 Å². The van der Waals surface area contributed by atoms with Crippen molar-refractivity contribution in [2.75, 3.05) is 0 Å². The van der Waals surface area contributed by atoms with E-state index in [9.17, 15) is 9.90 Å². The zero-order valence-corrected chi connectivity index (χ0v) is 12.7. The lowest BCUT2D eigenvalue weighted by Gasteiger charge is -2.25. The first-order valence-corrected chi connectivity index (χ1v) is 7.65. The predicted molar refractivity (Wildman–Crippen MR) is 91.5 cm³/mol. The van der Waals surface area contributed by atoms with Crippen LogP contribution in [0.25, 0.3) is 0 Å². The second kappa shape index (κ2) is 6.93. The van der Waals surface area contributed by atoms with Crippen LogP contribution in [-0.2, 0) is 4.79 Å². The number of carboxylic acids is 1. The van der Waals surface area contributed by atoms with Crippen molar-refractivity contribution >= 4 is 5.97 Å². The van der Waals surface area contributed by atoms with Crippen LogP contribution < -0.4 is 0 Å². The van der Waals surface area contributed by atoms with Crippen LogP contribution in [0, 0.1) is 0 Å². The maximum absolute atomic E-state index is 12.1. The third kappa shape index (κ3) is 3.32. The number of hydrogen-bond acceptors (Lipinski definition) is 1. The molecule has 2 nitrogen and oxygen atoms in total. The molecule has 0 heterocycles. The molecular formula is C21H18O2. The molecule has 114 valence electrons. The molecule has 3 aromatic carbocycles. The lowest BCUT2D eigenvalue weighted by Crippen LogP contribution is -2.21. The zero-order chi connectivity index (χ0) is 16.1. The Morgan fingerprint density at radius 2 is 0.957 bits per heavy atom. The first-order valence-electron chi connectivity index (χ1n) is 7.65. The smallest absolute Gasteiger partial charge is 0.311 e. The molecular weight excluding hydrogens is 284 g/mol. The van der Waals surface area contributed by atoms with Crippen molar-refractivity contribution < 1.29 is 9.90 Å². The molecule has 1 N–H and O–H groups in total. The summed E-state index contributed by atoms with van der Waals surface area (Å²) in [7, 11) is 0. The molecule has 1 atom stereocenters. The lowest BCUT2D eigenvalue weighted by molar-refractivity contribution is -0.139. The predicted octanol–water partition coefficient (Wildman–Crippen LogP) is 4.69. The van der Waals surface area contributed by atoms with Gasteiger partial charge in [-0.3, -0.25) is 4.79 Å². The van der Waals surface area contributed by atoms with Crippen molar-refractivity contribution in [2.24, 2.45) is 0 Å². The van der Waals surface area contributed by atoms with Crippen LogP contribution in [0.5, 0.6) is 0 Å². The van der Waals surface area contributed by atoms with E-state index in [0.29, 0.717) is 0 Å². The molecule has 3 aromatic rings. The number of aliphatic carboxylic acids is 1. The Morgan fingerprint density at radius 1 is 0.609 bits per heavy atom. The molecule has 0 aliphatic rings.